The summed E-state index contributed by atoms with van der Waals surface area (Å²) in [6.45, 7) is 3.75. The lowest BCUT2D eigenvalue weighted by Gasteiger charge is -2.23. The third-order valence-corrected chi connectivity index (χ3v) is 4.03. The number of hydrogen-bond acceptors (Lipinski definition) is 2. The molecule has 19 heavy (non-hydrogen) atoms. The Kier molecular flexibility index (Phi) is 5.38. The van der Waals surface area contributed by atoms with Gasteiger partial charge in [0.15, 0.2) is 0 Å². The van der Waals surface area contributed by atoms with Crippen LogP contribution in [0.5, 0.6) is 0 Å². The van der Waals surface area contributed by atoms with Crippen molar-refractivity contribution in [1.82, 2.24) is 10.6 Å². The molecule has 1 aromatic rings. The number of halogens is 2. The Bertz CT molecular complexity index is 503. The fourth-order valence-corrected chi connectivity index (χ4v) is 2.07. The second-order valence-electron chi connectivity index (χ2n) is 4.75. The zero-order valence-corrected chi connectivity index (χ0v) is 13.4. The van der Waals surface area contributed by atoms with Crippen LogP contribution in [0.2, 0.25) is 5.02 Å². The van der Waals surface area contributed by atoms with Gasteiger partial charge in [-0.1, -0.05) is 17.7 Å². The highest BCUT2D eigenvalue weighted by molar-refractivity contribution is 9.10. The Morgan fingerprint density at radius 3 is 2.58 bits per heavy atom. The molecular weight excluding hydrogens is 332 g/mol. The van der Waals surface area contributed by atoms with E-state index >= 15 is 0 Å². The Morgan fingerprint density at radius 1 is 1.37 bits per heavy atom. The molecule has 2 amide bonds. The molecule has 0 spiro atoms. The van der Waals surface area contributed by atoms with Crippen molar-refractivity contribution in [3.05, 3.63) is 33.3 Å². The summed E-state index contributed by atoms with van der Waals surface area (Å²) in [5.41, 5.74) is -0.299. The molecule has 0 aromatic heterocycles. The first-order chi connectivity index (χ1) is 8.79. The molecule has 0 radical (unpaired) electrons. The van der Waals surface area contributed by atoms with Crippen LogP contribution in [0, 0.1) is 5.41 Å². The van der Waals surface area contributed by atoms with Crippen molar-refractivity contribution in [1.29, 1.82) is 0 Å². The summed E-state index contributed by atoms with van der Waals surface area (Å²) in [6.07, 6.45) is 0. The predicted octanol–water partition coefficient (Wildman–Crippen LogP) is 2.60. The van der Waals surface area contributed by atoms with Gasteiger partial charge in [0.05, 0.1) is 16.0 Å². The zero-order chi connectivity index (χ0) is 14.6. The Labute approximate surface area is 126 Å². The van der Waals surface area contributed by atoms with Gasteiger partial charge in [-0.2, -0.15) is 0 Å². The van der Waals surface area contributed by atoms with Gasteiger partial charge in [0.2, 0.25) is 5.91 Å². The largest absolute Gasteiger partial charge is 0.359 e. The van der Waals surface area contributed by atoms with Crippen LogP contribution in [-0.2, 0) is 4.79 Å². The van der Waals surface area contributed by atoms with Gasteiger partial charge in [0, 0.05) is 18.1 Å². The predicted molar refractivity (Wildman–Crippen MR) is 79.3 cm³/mol. The second-order valence-corrected chi connectivity index (χ2v) is 5.98. The maximum atomic E-state index is 12.0. The average Bonchev–Trinajstić information content (AvgIpc) is 2.38. The van der Waals surface area contributed by atoms with E-state index in [1.165, 1.54) is 0 Å². The minimum absolute atomic E-state index is 0.131. The van der Waals surface area contributed by atoms with Crippen LogP contribution < -0.4 is 10.6 Å². The molecule has 4 nitrogen and oxygen atoms in total. The lowest BCUT2D eigenvalue weighted by Crippen LogP contribution is -2.43. The van der Waals surface area contributed by atoms with Gasteiger partial charge in [0.1, 0.15) is 0 Å². The highest BCUT2D eigenvalue weighted by atomic mass is 79.9. The second kappa shape index (κ2) is 6.39. The van der Waals surface area contributed by atoms with E-state index in [2.05, 4.69) is 26.6 Å². The Balaban J connectivity index is 2.76. The first-order valence-electron chi connectivity index (χ1n) is 5.74. The fourth-order valence-electron chi connectivity index (χ4n) is 1.49. The molecule has 0 bridgehead atoms. The van der Waals surface area contributed by atoms with E-state index in [9.17, 15) is 9.59 Å². The minimum Gasteiger partial charge on any atom is -0.359 e. The summed E-state index contributed by atoms with van der Waals surface area (Å²) in [5, 5.41) is 5.64. The van der Waals surface area contributed by atoms with Crippen molar-refractivity contribution in [2.24, 2.45) is 5.41 Å². The average molecular weight is 348 g/mol. The lowest BCUT2D eigenvalue weighted by molar-refractivity contribution is -0.128. The van der Waals surface area contributed by atoms with E-state index in [-0.39, 0.29) is 18.4 Å². The first kappa shape index (κ1) is 16.0. The number of nitrogens with one attached hydrogen (secondary N) is 2. The quantitative estimate of drug-likeness (QED) is 0.879. The van der Waals surface area contributed by atoms with Crippen molar-refractivity contribution in [3.63, 3.8) is 0 Å². The van der Waals surface area contributed by atoms with Crippen LogP contribution in [0.25, 0.3) is 0 Å². The molecule has 1 rings (SSSR count). The van der Waals surface area contributed by atoms with E-state index < -0.39 is 5.41 Å². The molecule has 0 heterocycles. The van der Waals surface area contributed by atoms with Crippen molar-refractivity contribution >= 4 is 39.3 Å². The summed E-state index contributed by atoms with van der Waals surface area (Å²) < 4.78 is 0.660. The van der Waals surface area contributed by atoms with Gasteiger partial charge >= 0.3 is 0 Å². The highest BCUT2D eigenvalue weighted by Crippen LogP contribution is 2.26. The molecular formula is C13H16BrClN2O2. The van der Waals surface area contributed by atoms with Gasteiger partial charge in [-0.15, -0.1) is 0 Å². The molecule has 0 saturated carbocycles. The van der Waals surface area contributed by atoms with Gasteiger partial charge in [-0.05, 0) is 41.9 Å². The standard InChI is InChI=1S/C13H16BrClN2O2/c1-13(2,12(19)16-3)7-17-11(18)8-5-4-6-9(14)10(8)15/h4-6H,7H2,1-3H3,(H,16,19)(H,17,18). The molecule has 0 aliphatic rings. The SMILES string of the molecule is CNC(=O)C(C)(C)CNC(=O)c1cccc(Br)c1Cl. The van der Waals surface area contributed by atoms with Crippen LogP contribution in [0.1, 0.15) is 24.2 Å². The third-order valence-electron chi connectivity index (χ3n) is 2.73. The Hall–Kier alpha value is -1.07. The van der Waals surface area contributed by atoms with Crippen LogP contribution in [-0.4, -0.2) is 25.4 Å². The summed E-state index contributed by atoms with van der Waals surface area (Å²) in [4.78, 5) is 23.6. The van der Waals surface area contributed by atoms with Crippen LogP contribution in [0.15, 0.2) is 22.7 Å². The van der Waals surface area contributed by atoms with Crippen LogP contribution >= 0.6 is 27.5 Å². The molecule has 0 aliphatic carbocycles. The maximum absolute atomic E-state index is 12.0. The van der Waals surface area contributed by atoms with E-state index in [1.54, 1.807) is 39.1 Å². The topological polar surface area (TPSA) is 58.2 Å². The number of rotatable bonds is 4. The molecule has 0 saturated heterocycles. The summed E-state index contributed by atoms with van der Waals surface area (Å²) in [5.74, 6) is -0.434. The monoisotopic (exact) mass is 346 g/mol. The van der Waals surface area contributed by atoms with E-state index in [0.29, 0.717) is 15.1 Å². The molecule has 0 unspecified atom stereocenters. The van der Waals surface area contributed by atoms with Gasteiger partial charge in [-0.25, -0.2) is 0 Å². The highest BCUT2D eigenvalue weighted by Gasteiger charge is 2.27. The number of hydrogen-bond donors (Lipinski definition) is 2. The normalized spacial score (nSPS) is 11.0. The molecule has 0 atom stereocenters. The molecule has 0 fully saturated rings. The maximum Gasteiger partial charge on any atom is 0.252 e. The van der Waals surface area contributed by atoms with Crippen LogP contribution in [0.4, 0.5) is 0 Å². The van der Waals surface area contributed by atoms with Crippen molar-refractivity contribution in [2.45, 2.75) is 13.8 Å². The molecule has 104 valence electrons. The van der Waals surface area contributed by atoms with E-state index in [1.807, 2.05) is 0 Å². The third kappa shape index (κ3) is 3.94. The van der Waals surface area contributed by atoms with E-state index in [0.717, 1.165) is 0 Å². The van der Waals surface area contributed by atoms with Gasteiger partial charge in [-0.3, -0.25) is 9.59 Å². The number of carbonyl (C=O) groups excluding carboxylic acids is 2. The Morgan fingerprint density at radius 2 is 2.00 bits per heavy atom. The van der Waals surface area contributed by atoms with Crippen LogP contribution in [0.3, 0.4) is 0 Å². The summed E-state index contributed by atoms with van der Waals surface area (Å²) in [6, 6.07) is 5.12. The molecule has 6 heteroatoms. The van der Waals surface area contributed by atoms with Gasteiger partial charge in [0.25, 0.3) is 5.91 Å². The lowest BCUT2D eigenvalue weighted by atomic mass is 9.92. The zero-order valence-electron chi connectivity index (χ0n) is 11.0. The van der Waals surface area contributed by atoms with Crippen molar-refractivity contribution in [2.75, 3.05) is 13.6 Å². The van der Waals surface area contributed by atoms with Crippen molar-refractivity contribution in [3.8, 4) is 0 Å². The molecule has 1 aromatic carbocycles. The minimum atomic E-state index is -0.678. The number of carbonyl (C=O) groups is 2. The fraction of sp³-hybridized carbons (Fsp3) is 0.385. The van der Waals surface area contributed by atoms with Gasteiger partial charge < -0.3 is 10.6 Å². The summed E-state index contributed by atoms with van der Waals surface area (Å²) in [7, 11) is 1.57. The summed E-state index contributed by atoms with van der Waals surface area (Å²) >= 11 is 9.30. The molecule has 2 N–H and O–H groups in total. The van der Waals surface area contributed by atoms with Crippen molar-refractivity contribution < 1.29 is 9.59 Å². The molecule has 0 aliphatic heterocycles. The van der Waals surface area contributed by atoms with E-state index in [4.69, 9.17) is 11.6 Å². The smallest absolute Gasteiger partial charge is 0.252 e. The number of amides is 2. The number of benzene rings is 1. The first-order valence-corrected chi connectivity index (χ1v) is 6.91.